The molecule has 4 aromatic rings. The van der Waals surface area contributed by atoms with Crippen LogP contribution in [0, 0.1) is 0 Å². The van der Waals surface area contributed by atoms with E-state index in [-0.39, 0.29) is 23.8 Å². The Morgan fingerprint density at radius 2 is 1.42 bits per heavy atom. The number of nitrogens with one attached hydrogen (secondary N) is 1. The van der Waals surface area contributed by atoms with Crippen molar-refractivity contribution in [2.45, 2.75) is 30.8 Å². The minimum atomic E-state index is -4.18. The molecule has 0 bridgehead atoms. The number of nitrogens with zero attached hydrogens (tertiary/aromatic N) is 2. The van der Waals surface area contributed by atoms with Gasteiger partial charge in [-0.25, -0.2) is 8.42 Å². The van der Waals surface area contributed by atoms with Gasteiger partial charge in [0, 0.05) is 24.5 Å². The molecule has 0 spiro atoms. The quantitative estimate of drug-likeness (QED) is 0.206. The van der Waals surface area contributed by atoms with Crippen LogP contribution in [-0.2, 0) is 32.6 Å². The summed E-state index contributed by atoms with van der Waals surface area (Å²) in [4.78, 5) is 29.1. The molecule has 0 aromatic heterocycles. The Balaban J connectivity index is 1.77. The van der Waals surface area contributed by atoms with Gasteiger partial charge in [0.05, 0.1) is 17.2 Å². The molecule has 0 fully saturated rings. The first-order chi connectivity index (χ1) is 20.7. The summed E-state index contributed by atoms with van der Waals surface area (Å²) < 4.78 is 35.4. The molecule has 4 rings (SSSR count). The highest BCUT2D eigenvalue weighted by Gasteiger charge is 2.34. The molecule has 0 aliphatic heterocycles. The molecule has 10 heteroatoms. The maximum atomic E-state index is 14.3. The molecule has 0 saturated heterocycles. The van der Waals surface area contributed by atoms with E-state index in [0.717, 1.165) is 19.9 Å². The molecule has 0 aliphatic carbocycles. The average Bonchev–Trinajstić information content (AvgIpc) is 3.03. The van der Waals surface area contributed by atoms with Crippen LogP contribution in [0.2, 0.25) is 0 Å². The first kappa shape index (κ1) is 31.8. The average molecular weight is 665 g/mol. The van der Waals surface area contributed by atoms with Crippen molar-refractivity contribution in [1.29, 1.82) is 0 Å². The Labute approximate surface area is 261 Å². The van der Waals surface area contributed by atoms with E-state index in [4.69, 9.17) is 4.74 Å². The number of likely N-dealkylation sites (N-methyl/N-ethyl adjacent to an activating group) is 1. The topological polar surface area (TPSA) is 96.0 Å². The molecule has 0 saturated carbocycles. The van der Waals surface area contributed by atoms with Gasteiger partial charge in [0.2, 0.25) is 11.8 Å². The zero-order valence-corrected chi connectivity index (χ0v) is 26.4. The maximum Gasteiger partial charge on any atom is 0.264 e. The van der Waals surface area contributed by atoms with Crippen molar-refractivity contribution < 1.29 is 22.7 Å². The highest BCUT2D eigenvalue weighted by atomic mass is 79.9. The lowest BCUT2D eigenvalue weighted by atomic mass is 10.0. The van der Waals surface area contributed by atoms with Gasteiger partial charge in [-0.15, -0.1) is 0 Å². The molecule has 0 aliphatic rings. The predicted octanol–water partition coefficient (Wildman–Crippen LogP) is 5.43. The van der Waals surface area contributed by atoms with Gasteiger partial charge in [0.25, 0.3) is 10.0 Å². The smallest absolute Gasteiger partial charge is 0.264 e. The zero-order chi connectivity index (χ0) is 30.8. The number of halogens is 1. The number of benzene rings is 4. The maximum absolute atomic E-state index is 14.3. The van der Waals surface area contributed by atoms with Crippen molar-refractivity contribution in [2.75, 3.05) is 24.5 Å². The largest absolute Gasteiger partial charge is 0.494 e. The van der Waals surface area contributed by atoms with Crippen LogP contribution in [0.4, 0.5) is 5.69 Å². The summed E-state index contributed by atoms with van der Waals surface area (Å²) >= 11 is 3.35. The number of amides is 2. The Kier molecular flexibility index (Phi) is 11.0. The molecule has 0 unspecified atom stereocenters. The molecule has 1 atom stereocenters. The highest BCUT2D eigenvalue weighted by molar-refractivity contribution is 9.10. The molecule has 0 radical (unpaired) electrons. The van der Waals surface area contributed by atoms with Gasteiger partial charge >= 0.3 is 0 Å². The molecule has 43 heavy (non-hydrogen) atoms. The molecule has 8 nitrogen and oxygen atoms in total. The first-order valence-electron chi connectivity index (χ1n) is 13.8. The fourth-order valence-electron chi connectivity index (χ4n) is 4.64. The van der Waals surface area contributed by atoms with Crippen molar-refractivity contribution in [1.82, 2.24) is 10.2 Å². The van der Waals surface area contributed by atoms with Crippen molar-refractivity contribution in [3.63, 3.8) is 0 Å². The van der Waals surface area contributed by atoms with Gasteiger partial charge in [-0.3, -0.25) is 13.9 Å². The highest BCUT2D eigenvalue weighted by Crippen LogP contribution is 2.28. The molecule has 1 N–H and O–H groups in total. The number of anilines is 1. The van der Waals surface area contributed by atoms with E-state index in [2.05, 4.69) is 21.2 Å². The Hall–Kier alpha value is -4.15. The van der Waals surface area contributed by atoms with E-state index in [9.17, 15) is 18.0 Å². The van der Waals surface area contributed by atoms with Crippen molar-refractivity contribution >= 4 is 43.5 Å². The third-order valence-corrected chi connectivity index (χ3v) is 9.15. The summed E-state index contributed by atoms with van der Waals surface area (Å²) in [5.74, 6) is -0.300. The molecule has 224 valence electrons. The number of hydrogen-bond acceptors (Lipinski definition) is 5. The number of sulfonamides is 1. The number of rotatable bonds is 13. The second-order valence-corrected chi connectivity index (χ2v) is 12.5. The zero-order valence-electron chi connectivity index (χ0n) is 24.0. The van der Waals surface area contributed by atoms with E-state index in [1.54, 1.807) is 36.4 Å². The van der Waals surface area contributed by atoms with Crippen molar-refractivity contribution in [2.24, 2.45) is 0 Å². The van der Waals surface area contributed by atoms with Crippen LogP contribution in [0.5, 0.6) is 5.75 Å². The van der Waals surface area contributed by atoms with Gasteiger partial charge in [0.1, 0.15) is 18.3 Å². The normalized spacial score (nSPS) is 11.8. The van der Waals surface area contributed by atoms with E-state index in [1.165, 1.54) is 24.1 Å². The SMILES string of the molecule is CCOc1ccc(N(CC(=O)N(Cc2ccccc2)[C@H](Cc2ccccc2)C(=O)NC)S(=O)(=O)c2ccc(Br)cc2)cc1. The van der Waals surface area contributed by atoms with Crippen LogP contribution in [-0.4, -0.2) is 51.4 Å². The van der Waals surface area contributed by atoms with Crippen LogP contribution in [0.1, 0.15) is 18.1 Å². The Morgan fingerprint density at radius 1 is 0.837 bits per heavy atom. The minimum Gasteiger partial charge on any atom is -0.494 e. The Morgan fingerprint density at radius 3 is 1.98 bits per heavy atom. The third-order valence-electron chi connectivity index (χ3n) is 6.83. The fraction of sp³-hybridized carbons (Fsp3) is 0.212. The summed E-state index contributed by atoms with van der Waals surface area (Å²) in [6, 6.07) is 30.6. The summed E-state index contributed by atoms with van der Waals surface area (Å²) in [6.07, 6.45) is 0.252. The number of carbonyl (C=O) groups is 2. The second-order valence-electron chi connectivity index (χ2n) is 9.72. The van der Waals surface area contributed by atoms with Crippen LogP contribution in [0.25, 0.3) is 0 Å². The van der Waals surface area contributed by atoms with Crippen molar-refractivity contribution in [3.05, 3.63) is 125 Å². The van der Waals surface area contributed by atoms with E-state index in [1.807, 2.05) is 67.6 Å². The Bertz CT molecular complexity index is 1600. The minimum absolute atomic E-state index is 0.0270. The standard InChI is InChI=1S/C33H34BrN3O5S/c1-3-42-29-18-16-28(17-19-29)37(43(40,41)30-20-14-27(34)15-21-30)24-32(38)36(23-26-12-8-5-9-13-26)31(33(39)35-2)22-25-10-6-4-7-11-25/h4-21,31H,3,22-24H2,1-2H3,(H,35,39)/t31-/m1/s1. The fourth-order valence-corrected chi connectivity index (χ4v) is 6.32. The number of carbonyl (C=O) groups excluding carboxylic acids is 2. The van der Waals surface area contributed by atoms with E-state index in [0.29, 0.717) is 18.0 Å². The van der Waals surface area contributed by atoms with Gasteiger partial charge in [-0.1, -0.05) is 76.6 Å². The monoisotopic (exact) mass is 663 g/mol. The lowest BCUT2D eigenvalue weighted by Crippen LogP contribution is -2.53. The number of ether oxygens (including phenoxy) is 1. The van der Waals surface area contributed by atoms with Crippen LogP contribution >= 0.6 is 15.9 Å². The molecular formula is C33H34BrN3O5S. The molecule has 2 amide bonds. The summed E-state index contributed by atoms with van der Waals surface area (Å²) in [5, 5.41) is 2.69. The number of hydrogen-bond donors (Lipinski definition) is 1. The lowest BCUT2D eigenvalue weighted by Gasteiger charge is -2.33. The second kappa shape index (κ2) is 14.8. The lowest BCUT2D eigenvalue weighted by molar-refractivity contribution is -0.139. The first-order valence-corrected chi connectivity index (χ1v) is 16.1. The van der Waals surface area contributed by atoms with E-state index < -0.39 is 28.5 Å². The van der Waals surface area contributed by atoms with Crippen LogP contribution < -0.4 is 14.4 Å². The van der Waals surface area contributed by atoms with E-state index >= 15 is 0 Å². The summed E-state index contributed by atoms with van der Waals surface area (Å²) in [7, 11) is -2.66. The summed E-state index contributed by atoms with van der Waals surface area (Å²) in [5.41, 5.74) is 1.97. The van der Waals surface area contributed by atoms with Crippen LogP contribution in [0.3, 0.4) is 0 Å². The molecular weight excluding hydrogens is 630 g/mol. The van der Waals surface area contributed by atoms with Gasteiger partial charge < -0.3 is 15.0 Å². The van der Waals surface area contributed by atoms with Gasteiger partial charge in [0.15, 0.2) is 0 Å². The third kappa shape index (κ3) is 8.24. The summed E-state index contributed by atoms with van der Waals surface area (Å²) in [6.45, 7) is 1.90. The van der Waals surface area contributed by atoms with Crippen LogP contribution in [0.15, 0.2) is 119 Å². The van der Waals surface area contributed by atoms with Gasteiger partial charge in [-0.2, -0.15) is 0 Å². The molecule has 4 aromatic carbocycles. The predicted molar refractivity (Wildman–Crippen MR) is 171 cm³/mol. The van der Waals surface area contributed by atoms with Crippen molar-refractivity contribution in [3.8, 4) is 5.75 Å². The molecule has 0 heterocycles. The van der Waals surface area contributed by atoms with Gasteiger partial charge in [-0.05, 0) is 66.6 Å².